The molecule has 6 rings (SSSR count). The molecule has 0 bridgehead atoms. The Balaban J connectivity index is 1.21. The number of carbonyl (C=O) groups excluding carboxylic acids is 3. The highest BCUT2D eigenvalue weighted by molar-refractivity contribution is 6.09. The molecule has 10 heteroatoms. The first-order chi connectivity index (χ1) is 26.3. The number of benzene rings is 3. The van der Waals surface area contributed by atoms with E-state index in [1.165, 1.54) is 0 Å². The SMILES string of the molecule is CCN(CC)c1ccc2c(-c3ccccc3C(=O)N3CCN(C(=O)CCC(=O)NC4CC(C)(C)NC(C)(C)C4)CC3)c3ccc(=[N+](CC)CC)cc-3oc2c1. The molecule has 0 saturated carbocycles. The number of hydrogen-bond acceptors (Lipinski definition) is 6. The molecule has 2 aromatic carbocycles. The molecule has 2 aromatic rings. The summed E-state index contributed by atoms with van der Waals surface area (Å²) in [5, 5.41) is 8.88. The molecule has 4 aliphatic rings. The number of rotatable bonds is 11. The average Bonchev–Trinajstić information content (AvgIpc) is 3.15. The Morgan fingerprint density at radius 2 is 1.47 bits per heavy atom. The Hall–Kier alpha value is -4.70. The summed E-state index contributed by atoms with van der Waals surface area (Å²) in [6, 6.07) is 20.7. The highest BCUT2D eigenvalue weighted by atomic mass is 16.3. The molecule has 0 radical (unpaired) electrons. The van der Waals surface area contributed by atoms with Crippen LogP contribution in [0.1, 0.15) is 91.4 Å². The van der Waals surface area contributed by atoms with Gasteiger partial charge in [-0.15, -0.1) is 0 Å². The predicted molar refractivity (Wildman–Crippen MR) is 222 cm³/mol. The van der Waals surface area contributed by atoms with E-state index in [4.69, 9.17) is 4.42 Å². The number of piperidine rings is 1. The van der Waals surface area contributed by atoms with Crippen LogP contribution in [0.25, 0.3) is 33.4 Å². The summed E-state index contributed by atoms with van der Waals surface area (Å²) in [6.45, 7) is 22.5. The molecule has 0 spiro atoms. The summed E-state index contributed by atoms with van der Waals surface area (Å²) in [5.41, 5.74) is 5.12. The van der Waals surface area contributed by atoms with E-state index >= 15 is 0 Å². The smallest absolute Gasteiger partial charge is 0.254 e. The maximum absolute atomic E-state index is 14.4. The summed E-state index contributed by atoms with van der Waals surface area (Å²) in [5.74, 6) is 0.582. The van der Waals surface area contributed by atoms with Crippen molar-refractivity contribution in [2.45, 2.75) is 98.2 Å². The lowest BCUT2D eigenvalue weighted by Crippen LogP contribution is -2.62. The summed E-state index contributed by atoms with van der Waals surface area (Å²) in [4.78, 5) is 46.5. The molecule has 294 valence electrons. The van der Waals surface area contributed by atoms with Gasteiger partial charge in [-0.25, -0.2) is 4.58 Å². The molecular weight excluding hydrogens is 689 g/mol. The minimum absolute atomic E-state index is 0.0484. The zero-order chi connectivity index (χ0) is 39.5. The maximum Gasteiger partial charge on any atom is 0.254 e. The van der Waals surface area contributed by atoms with Crippen molar-refractivity contribution in [1.29, 1.82) is 0 Å². The topological polar surface area (TPSA) is 101 Å². The van der Waals surface area contributed by atoms with Gasteiger partial charge in [0, 0.05) is 109 Å². The highest BCUT2D eigenvalue weighted by Gasteiger charge is 2.38. The zero-order valence-electron chi connectivity index (χ0n) is 34.3. The summed E-state index contributed by atoms with van der Waals surface area (Å²) >= 11 is 0. The van der Waals surface area contributed by atoms with Crippen LogP contribution in [0.15, 0.2) is 65.1 Å². The lowest BCUT2D eigenvalue weighted by molar-refractivity contribution is -0.135. The zero-order valence-corrected chi connectivity index (χ0v) is 34.3. The Morgan fingerprint density at radius 3 is 2.13 bits per heavy atom. The highest BCUT2D eigenvalue weighted by Crippen LogP contribution is 2.42. The first-order valence-electron chi connectivity index (χ1n) is 20.3. The van der Waals surface area contributed by atoms with E-state index in [-0.39, 0.29) is 47.7 Å². The number of carbonyl (C=O) groups is 3. The van der Waals surface area contributed by atoms with Gasteiger partial charge in [-0.3, -0.25) is 14.4 Å². The van der Waals surface area contributed by atoms with Gasteiger partial charge in [-0.05, 0) is 98.1 Å². The molecule has 2 fully saturated rings. The van der Waals surface area contributed by atoms with Crippen molar-refractivity contribution >= 4 is 34.4 Å². The van der Waals surface area contributed by atoms with Crippen LogP contribution in [0.2, 0.25) is 0 Å². The molecular formula is C45H61N6O4+. The minimum atomic E-state index is -0.0837. The van der Waals surface area contributed by atoms with Crippen LogP contribution in [0, 0.1) is 0 Å². The molecule has 55 heavy (non-hydrogen) atoms. The van der Waals surface area contributed by atoms with Crippen LogP contribution in [-0.4, -0.2) is 97.0 Å². The van der Waals surface area contributed by atoms with Gasteiger partial charge in [-0.2, -0.15) is 0 Å². The first-order valence-corrected chi connectivity index (χ1v) is 20.3. The van der Waals surface area contributed by atoms with Crippen molar-refractivity contribution in [2.24, 2.45) is 0 Å². The summed E-state index contributed by atoms with van der Waals surface area (Å²) in [6.07, 6.45) is 2.01. The normalized spacial score (nSPS) is 17.0. The fourth-order valence-corrected chi connectivity index (χ4v) is 9.05. The Bertz CT molecular complexity index is 2050. The van der Waals surface area contributed by atoms with Gasteiger partial charge in [-0.1, -0.05) is 18.2 Å². The Labute approximate surface area is 326 Å². The van der Waals surface area contributed by atoms with E-state index in [1.807, 2.05) is 29.2 Å². The maximum atomic E-state index is 14.4. The van der Waals surface area contributed by atoms with Crippen LogP contribution >= 0.6 is 0 Å². The fraction of sp³-hybridized carbons (Fsp3) is 0.511. The Morgan fingerprint density at radius 1 is 0.818 bits per heavy atom. The third-order valence-electron chi connectivity index (χ3n) is 11.4. The molecule has 10 nitrogen and oxygen atoms in total. The monoisotopic (exact) mass is 749 g/mol. The third-order valence-corrected chi connectivity index (χ3v) is 11.4. The number of hydrogen-bond donors (Lipinski definition) is 2. The summed E-state index contributed by atoms with van der Waals surface area (Å²) in [7, 11) is 0. The molecule has 3 aliphatic heterocycles. The van der Waals surface area contributed by atoms with Gasteiger partial charge in [0.1, 0.15) is 24.4 Å². The molecule has 1 aliphatic carbocycles. The lowest BCUT2D eigenvalue weighted by Gasteiger charge is -2.46. The van der Waals surface area contributed by atoms with E-state index in [9.17, 15) is 14.4 Å². The van der Waals surface area contributed by atoms with E-state index in [0.29, 0.717) is 31.7 Å². The molecule has 0 atom stereocenters. The molecule has 3 heterocycles. The van der Waals surface area contributed by atoms with Gasteiger partial charge in [0.25, 0.3) is 5.91 Å². The largest absolute Gasteiger partial charge is 0.456 e. The predicted octanol–water partition coefficient (Wildman–Crippen LogP) is 6.35. The standard InChI is InChI=1S/C45H60N6O4/c1-9-48(10-2)32-17-19-36-38(27-32)55-39-28-33(49(11-3)12-4)18-20-37(39)42(36)34-15-13-14-16-35(34)43(54)51-25-23-50(24-26-51)41(53)22-21-40(52)46-31-29-44(5,6)47-45(7,8)30-31/h13-20,27-28,31,47H,9-12,21-26,29-30H2,1-8H3/p+1. The van der Waals surface area contributed by atoms with Crippen molar-refractivity contribution in [3.05, 3.63) is 71.6 Å². The van der Waals surface area contributed by atoms with Crippen LogP contribution in [0.4, 0.5) is 5.69 Å². The molecule has 2 N–H and O–H groups in total. The molecule has 0 aromatic heterocycles. The van der Waals surface area contributed by atoms with Gasteiger partial charge >= 0.3 is 0 Å². The Kier molecular flexibility index (Phi) is 12.0. The van der Waals surface area contributed by atoms with Gasteiger partial charge in [0.15, 0.2) is 0 Å². The van der Waals surface area contributed by atoms with E-state index in [0.717, 1.165) is 83.5 Å². The number of amides is 3. The summed E-state index contributed by atoms with van der Waals surface area (Å²) < 4.78 is 9.00. The molecule has 2 saturated heterocycles. The second kappa shape index (κ2) is 16.6. The first kappa shape index (κ1) is 40.0. The second-order valence-corrected chi connectivity index (χ2v) is 16.5. The average molecular weight is 750 g/mol. The number of anilines is 1. The van der Waals surface area contributed by atoms with Gasteiger partial charge < -0.3 is 29.8 Å². The van der Waals surface area contributed by atoms with E-state index < -0.39 is 0 Å². The van der Waals surface area contributed by atoms with Crippen molar-refractivity contribution < 1.29 is 18.8 Å². The van der Waals surface area contributed by atoms with Crippen molar-refractivity contribution in [2.75, 3.05) is 57.3 Å². The van der Waals surface area contributed by atoms with E-state index in [2.05, 4.69) is 112 Å². The van der Waals surface area contributed by atoms with Crippen LogP contribution in [0.3, 0.4) is 0 Å². The number of nitrogens with one attached hydrogen (secondary N) is 2. The van der Waals surface area contributed by atoms with Crippen LogP contribution < -0.4 is 25.5 Å². The number of piperazine rings is 1. The number of fused-ring (bicyclic) bond motifs is 2. The van der Waals surface area contributed by atoms with Crippen molar-refractivity contribution in [3.63, 3.8) is 0 Å². The lowest BCUT2D eigenvalue weighted by atomic mass is 9.79. The van der Waals surface area contributed by atoms with E-state index in [1.54, 1.807) is 4.90 Å². The van der Waals surface area contributed by atoms with Crippen LogP contribution in [0.5, 0.6) is 0 Å². The van der Waals surface area contributed by atoms with Gasteiger partial charge in [0.05, 0.1) is 6.07 Å². The quantitative estimate of drug-likeness (QED) is 0.137. The van der Waals surface area contributed by atoms with Crippen LogP contribution in [-0.2, 0) is 9.59 Å². The molecule has 3 amide bonds. The number of nitrogens with zero attached hydrogens (tertiary/aromatic N) is 4. The molecule has 0 unspecified atom stereocenters. The van der Waals surface area contributed by atoms with Crippen molar-refractivity contribution in [3.8, 4) is 22.5 Å². The van der Waals surface area contributed by atoms with Gasteiger partial charge in [0.2, 0.25) is 17.2 Å². The fourth-order valence-electron chi connectivity index (χ4n) is 9.05. The van der Waals surface area contributed by atoms with Crippen molar-refractivity contribution in [1.82, 2.24) is 25.0 Å². The second-order valence-electron chi connectivity index (χ2n) is 16.5. The third kappa shape index (κ3) is 8.90. The minimum Gasteiger partial charge on any atom is -0.456 e.